The zero-order valence-electron chi connectivity index (χ0n) is 23.7. The van der Waals surface area contributed by atoms with Crippen LogP contribution in [0.15, 0.2) is 60.3 Å². The topological polar surface area (TPSA) is 43.5 Å². The lowest BCUT2D eigenvalue weighted by atomic mass is 9.80. The Balaban J connectivity index is 1.68. The van der Waals surface area contributed by atoms with E-state index in [2.05, 4.69) is 113 Å². The molecule has 0 unspecified atom stereocenters. The van der Waals surface area contributed by atoms with E-state index in [1.54, 1.807) is 0 Å². The second kappa shape index (κ2) is 10.3. The van der Waals surface area contributed by atoms with Crippen molar-refractivity contribution in [2.75, 3.05) is 18.0 Å². The van der Waals surface area contributed by atoms with Crippen LogP contribution in [0.4, 0.5) is 11.4 Å². The van der Waals surface area contributed by atoms with E-state index >= 15 is 0 Å². The fourth-order valence-corrected chi connectivity index (χ4v) is 6.11. The molecule has 37 heavy (non-hydrogen) atoms. The van der Waals surface area contributed by atoms with Gasteiger partial charge in [0.15, 0.2) is 5.71 Å². The lowest BCUT2D eigenvalue weighted by molar-refractivity contribution is -0.438. The molecule has 2 aromatic rings. The molecule has 2 aliphatic rings. The smallest absolute Gasteiger partial charge is 0.303 e. The molecule has 2 heterocycles. The minimum Gasteiger partial charge on any atom is -0.481 e. The fraction of sp³-hybridized carbons (Fsp3) is 0.455. The molecule has 196 valence electrons. The van der Waals surface area contributed by atoms with Gasteiger partial charge in [-0.25, -0.2) is 0 Å². The Morgan fingerprint density at radius 2 is 1.62 bits per heavy atom. The lowest BCUT2D eigenvalue weighted by Gasteiger charge is -2.25. The van der Waals surface area contributed by atoms with Gasteiger partial charge in [0.1, 0.15) is 6.54 Å². The number of hydrogen-bond acceptors (Lipinski definition) is 2. The summed E-state index contributed by atoms with van der Waals surface area (Å²) in [6, 6.07) is 13.6. The number of allylic oxidation sites excluding steroid dienone is 4. The zero-order chi connectivity index (χ0) is 27.0. The van der Waals surface area contributed by atoms with Crippen LogP contribution in [0.3, 0.4) is 0 Å². The third-order valence-electron chi connectivity index (χ3n) is 8.19. The summed E-state index contributed by atoms with van der Waals surface area (Å²) in [5.41, 5.74) is 10.4. The highest BCUT2D eigenvalue weighted by atomic mass is 16.4. The summed E-state index contributed by atoms with van der Waals surface area (Å²) in [6.45, 7) is 17.7. The summed E-state index contributed by atoms with van der Waals surface area (Å²) in [5, 5.41) is 8.99. The van der Waals surface area contributed by atoms with Gasteiger partial charge in [-0.15, -0.1) is 0 Å². The van der Waals surface area contributed by atoms with Gasteiger partial charge in [0, 0.05) is 53.9 Å². The molecule has 0 radical (unpaired) electrons. The Hall–Kier alpha value is -3.14. The molecule has 0 fully saturated rings. The largest absolute Gasteiger partial charge is 0.481 e. The summed E-state index contributed by atoms with van der Waals surface area (Å²) in [4.78, 5) is 13.4. The van der Waals surface area contributed by atoms with Crippen molar-refractivity contribution in [2.45, 2.75) is 85.0 Å². The highest BCUT2D eigenvalue weighted by Gasteiger charge is 2.44. The Morgan fingerprint density at radius 1 is 0.946 bits per heavy atom. The first kappa shape index (κ1) is 26.9. The van der Waals surface area contributed by atoms with Gasteiger partial charge in [0.2, 0.25) is 5.69 Å². The van der Waals surface area contributed by atoms with Crippen molar-refractivity contribution in [1.82, 2.24) is 0 Å². The molecular formula is C33H43N2O2+. The Kier molecular flexibility index (Phi) is 7.50. The highest BCUT2D eigenvalue weighted by molar-refractivity contribution is 6.03. The molecule has 2 aromatic carbocycles. The standard InChI is InChI=1S/C33H42N2O2/c1-8-34-27-18-16-23(2)21-25(27)32(4,5)29(34)13-12-14-30-33(6,7)26-22-24(3)17-19-28(26)35(30)20-11-9-10-15-31(36)37/h12-14,16-19,21-22H,8-11,15,20H2,1-7H3/p+1. The van der Waals surface area contributed by atoms with Crippen LogP contribution in [-0.2, 0) is 15.6 Å². The number of unbranched alkanes of at least 4 members (excludes halogenated alkanes) is 2. The average molecular weight is 500 g/mol. The first-order chi connectivity index (χ1) is 17.5. The Bertz CT molecular complexity index is 1290. The second-order valence-corrected chi connectivity index (χ2v) is 11.7. The molecule has 4 rings (SSSR count). The van der Waals surface area contributed by atoms with Crippen molar-refractivity contribution in [2.24, 2.45) is 0 Å². The van der Waals surface area contributed by atoms with Crippen LogP contribution in [0.25, 0.3) is 0 Å². The van der Waals surface area contributed by atoms with E-state index in [0.717, 1.165) is 32.4 Å². The third kappa shape index (κ3) is 5.03. The van der Waals surface area contributed by atoms with Gasteiger partial charge in [-0.05, 0) is 71.2 Å². The van der Waals surface area contributed by atoms with Crippen LogP contribution >= 0.6 is 0 Å². The van der Waals surface area contributed by atoms with Crippen LogP contribution < -0.4 is 4.90 Å². The summed E-state index contributed by atoms with van der Waals surface area (Å²) < 4.78 is 2.46. The van der Waals surface area contributed by atoms with E-state index in [-0.39, 0.29) is 17.3 Å². The van der Waals surface area contributed by atoms with Crippen LogP contribution in [0, 0.1) is 13.8 Å². The van der Waals surface area contributed by atoms with Gasteiger partial charge in [-0.1, -0.05) is 49.2 Å². The van der Waals surface area contributed by atoms with Gasteiger partial charge in [0.25, 0.3) is 0 Å². The number of aliphatic carboxylic acids is 1. The Labute approximate surface area is 223 Å². The minimum atomic E-state index is -0.709. The predicted octanol–water partition coefficient (Wildman–Crippen LogP) is 7.58. The molecule has 2 aliphatic heterocycles. The average Bonchev–Trinajstić information content (AvgIpc) is 3.17. The van der Waals surface area contributed by atoms with Gasteiger partial charge in [-0.3, -0.25) is 4.79 Å². The zero-order valence-corrected chi connectivity index (χ0v) is 23.7. The summed E-state index contributed by atoms with van der Waals surface area (Å²) in [6.07, 6.45) is 9.72. The molecule has 0 amide bonds. The van der Waals surface area contributed by atoms with E-state index in [0.29, 0.717) is 0 Å². The predicted molar refractivity (Wildman–Crippen MR) is 155 cm³/mol. The summed E-state index contributed by atoms with van der Waals surface area (Å²) in [5.74, 6) is -0.709. The molecule has 0 aromatic heterocycles. The Morgan fingerprint density at radius 3 is 2.30 bits per heavy atom. The number of rotatable bonds is 9. The van der Waals surface area contributed by atoms with Crippen LogP contribution in [0.5, 0.6) is 0 Å². The van der Waals surface area contributed by atoms with Crippen molar-refractivity contribution in [3.63, 3.8) is 0 Å². The van der Waals surface area contributed by atoms with Crippen molar-refractivity contribution < 1.29 is 14.5 Å². The van der Waals surface area contributed by atoms with E-state index in [1.165, 1.54) is 45.0 Å². The fourth-order valence-electron chi connectivity index (χ4n) is 6.11. The molecule has 0 spiro atoms. The number of hydrogen-bond donors (Lipinski definition) is 1. The van der Waals surface area contributed by atoms with Crippen LogP contribution in [-0.4, -0.2) is 34.5 Å². The number of likely N-dealkylation sites (N-methyl/N-ethyl adjacent to an activating group) is 1. The number of aryl methyl sites for hydroxylation is 2. The number of carboxylic acid groups (broad SMARTS) is 1. The summed E-state index contributed by atoms with van der Waals surface area (Å²) in [7, 11) is 0. The maximum absolute atomic E-state index is 10.9. The summed E-state index contributed by atoms with van der Waals surface area (Å²) >= 11 is 0. The minimum absolute atomic E-state index is 0.0541. The van der Waals surface area contributed by atoms with Gasteiger partial charge >= 0.3 is 5.97 Å². The number of carbonyl (C=O) groups is 1. The van der Waals surface area contributed by atoms with Crippen LogP contribution in [0.2, 0.25) is 0 Å². The van der Waals surface area contributed by atoms with E-state index in [9.17, 15) is 4.79 Å². The highest BCUT2D eigenvalue weighted by Crippen LogP contribution is 2.48. The number of fused-ring (bicyclic) bond motifs is 2. The molecule has 0 saturated carbocycles. The molecule has 1 N–H and O–H groups in total. The maximum atomic E-state index is 10.9. The van der Waals surface area contributed by atoms with E-state index < -0.39 is 5.97 Å². The molecule has 0 atom stereocenters. The number of benzene rings is 2. The third-order valence-corrected chi connectivity index (χ3v) is 8.19. The lowest BCUT2D eigenvalue weighted by Crippen LogP contribution is -2.28. The van der Waals surface area contributed by atoms with Crippen LogP contribution in [0.1, 0.15) is 82.6 Å². The van der Waals surface area contributed by atoms with Crippen molar-refractivity contribution in [3.05, 3.63) is 82.6 Å². The normalized spacial score (nSPS) is 18.7. The molecule has 0 bridgehead atoms. The molecular weight excluding hydrogens is 456 g/mol. The van der Waals surface area contributed by atoms with Crippen molar-refractivity contribution in [1.29, 1.82) is 0 Å². The molecule has 0 saturated heterocycles. The first-order valence-electron chi connectivity index (χ1n) is 13.7. The number of carboxylic acids is 1. The van der Waals surface area contributed by atoms with Gasteiger partial charge < -0.3 is 10.0 Å². The van der Waals surface area contributed by atoms with Gasteiger partial charge in [-0.2, -0.15) is 4.58 Å². The van der Waals surface area contributed by atoms with Crippen molar-refractivity contribution >= 4 is 23.1 Å². The monoisotopic (exact) mass is 499 g/mol. The maximum Gasteiger partial charge on any atom is 0.303 e. The van der Waals surface area contributed by atoms with E-state index in [1.807, 2.05) is 0 Å². The van der Waals surface area contributed by atoms with Crippen molar-refractivity contribution in [3.8, 4) is 0 Å². The number of nitrogens with zero attached hydrogens (tertiary/aromatic N) is 2. The second-order valence-electron chi connectivity index (χ2n) is 11.7. The molecule has 0 aliphatic carbocycles. The molecule has 4 nitrogen and oxygen atoms in total. The molecule has 4 heteroatoms. The van der Waals surface area contributed by atoms with Gasteiger partial charge in [0.05, 0.1) is 5.41 Å². The van der Waals surface area contributed by atoms with E-state index in [4.69, 9.17) is 5.11 Å². The SMILES string of the molecule is CCN1/C(=C/C=C/C2=[N+](CCCCCC(=O)O)c3ccc(C)cc3C2(C)C)C(C)(C)c2cc(C)ccc21. The number of anilines is 1. The quantitative estimate of drug-likeness (QED) is 0.286. The first-order valence-corrected chi connectivity index (χ1v) is 13.7.